The van der Waals surface area contributed by atoms with E-state index in [4.69, 9.17) is 0 Å². The third kappa shape index (κ3) is 3.60. The van der Waals surface area contributed by atoms with E-state index in [1.807, 2.05) is 18.2 Å². The first-order valence-corrected chi connectivity index (χ1v) is 7.70. The molecule has 5 heteroatoms. The van der Waals surface area contributed by atoms with Gasteiger partial charge in [0.05, 0.1) is 0 Å². The Hall–Kier alpha value is -0.780. The van der Waals surface area contributed by atoms with E-state index in [1.54, 1.807) is 11.3 Å². The Morgan fingerprint density at radius 2 is 2.11 bits per heavy atom. The van der Waals surface area contributed by atoms with Crippen LogP contribution in [-0.4, -0.2) is 23.3 Å². The number of benzene rings is 1. The van der Waals surface area contributed by atoms with E-state index in [0.29, 0.717) is 0 Å². The summed E-state index contributed by atoms with van der Waals surface area (Å²) < 4.78 is 1.07. The van der Waals surface area contributed by atoms with Gasteiger partial charge >= 0.3 is 0 Å². The van der Waals surface area contributed by atoms with Gasteiger partial charge in [0.25, 0.3) is 0 Å². The van der Waals surface area contributed by atoms with Crippen LogP contribution < -0.4 is 5.32 Å². The molecule has 2 rings (SSSR count). The number of aromatic nitrogens is 2. The van der Waals surface area contributed by atoms with Crippen molar-refractivity contribution in [3.8, 4) is 10.6 Å². The van der Waals surface area contributed by atoms with Crippen molar-refractivity contribution < 1.29 is 0 Å². The molecule has 0 amide bonds. The second-order valence-corrected chi connectivity index (χ2v) is 5.85. The lowest BCUT2D eigenvalue weighted by molar-refractivity contribution is 0.669. The Morgan fingerprint density at radius 1 is 1.28 bits per heavy atom. The van der Waals surface area contributed by atoms with Gasteiger partial charge in [0.2, 0.25) is 0 Å². The number of aryl methyl sites for hydroxylation is 1. The lowest BCUT2D eigenvalue weighted by Gasteiger charge is -1.98. The summed E-state index contributed by atoms with van der Waals surface area (Å²) in [5, 5.41) is 13.9. The third-order valence-corrected chi connectivity index (χ3v) is 4.27. The molecule has 0 aliphatic carbocycles. The molecule has 0 aliphatic rings. The fourth-order valence-electron chi connectivity index (χ4n) is 1.64. The zero-order chi connectivity index (χ0) is 12.8. The Morgan fingerprint density at radius 3 is 2.89 bits per heavy atom. The monoisotopic (exact) mass is 325 g/mol. The number of nitrogens with zero attached hydrogens (tertiary/aromatic N) is 2. The van der Waals surface area contributed by atoms with Crippen molar-refractivity contribution in [2.75, 3.05) is 13.1 Å². The van der Waals surface area contributed by atoms with Crippen molar-refractivity contribution in [2.24, 2.45) is 0 Å². The summed E-state index contributed by atoms with van der Waals surface area (Å²) in [6.45, 7) is 4.19. The highest BCUT2D eigenvalue weighted by atomic mass is 79.9. The number of halogens is 1. The van der Waals surface area contributed by atoms with Crippen LogP contribution in [0.25, 0.3) is 10.6 Å². The average molecular weight is 326 g/mol. The second-order valence-electron chi connectivity index (χ2n) is 3.94. The van der Waals surface area contributed by atoms with Crippen molar-refractivity contribution in [1.29, 1.82) is 0 Å². The maximum atomic E-state index is 4.26. The smallest absolute Gasteiger partial charge is 0.148 e. The molecule has 1 heterocycles. The molecule has 96 valence electrons. The number of rotatable bonds is 6. The number of nitrogens with one attached hydrogen (secondary N) is 1. The summed E-state index contributed by atoms with van der Waals surface area (Å²) in [7, 11) is 0. The van der Waals surface area contributed by atoms with Crippen LogP contribution in [0.2, 0.25) is 0 Å². The molecule has 1 aromatic heterocycles. The summed E-state index contributed by atoms with van der Waals surface area (Å²) >= 11 is 5.22. The van der Waals surface area contributed by atoms with Gasteiger partial charge in [0.1, 0.15) is 10.0 Å². The molecule has 0 aliphatic heterocycles. The summed E-state index contributed by atoms with van der Waals surface area (Å²) in [4.78, 5) is 0. The van der Waals surface area contributed by atoms with E-state index in [-0.39, 0.29) is 0 Å². The molecule has 0 atom stereocenters. The summed E-state index contributed by atoms with van der Waals surface area (Å²) in [5.41, 5.74) is 1.12. The van der Waals surface area contributed by atoms with Crippen LogP contribution in [0.15, 0.2) is 28.7 Å². The lowest BCUT2D eigenvalue weighted by Crippen LogP contribution is -2.14. The summed E-state index contributed by atoms with van der Waals surface area (Å²) in [6, 6.07) is 8.12. The minimum absolute atomic E-state index is 0.987. The molecule has 0 saturated carbocycles. The molecule has 3 nitrogen and oxygen atoms in total. The normalized spacial score (nSPS) is 10.8. The van der Waals surface area contributed by atoms with Crippen LogP contribution in [0, 0.1) is 0 Å². The van der Waals surface area contributed by atoms with Crippen LogP contribution in [0.1, 0.15) is 18.4 Å². The van der Waals surface area contributed by atoms with Crippen LogP contribution in [0.5, 0.6) is 0 Å². The highest BCUT2D eigenvalue weighted by Gasteiger charge is 2.08. The van der Waals surface area contributed by atoms with Gasteiger partial charge < -0.3 is 5.32 Å². The van der Waals surface area contributed by atoms with Crippen molar-refractivity contribution in [2.45, 2.75) is 19.8 Å². The SMILES string of the molecule is CCNCCCc1nnc(-c2ccccc2Br)s1. The van der Waals surface area contributed by atoms with Gasteiger partial charge in [-0.05, 0) is 25.6 Å². The minimum Gasteiger partial charge on any atom is -0.317 e. The van der Waals surface area contributed by atoms with Crippen LogP contribution in [0.3, 0.4) is 0 Å². The van der Waals surface area contributed by atoms with Gasteiger partial charge in [-0.1, -0.05) is 52.4 Å². The second kappa shape index (κ2) is 6.97. The van der Waals surface area contributed by atoms with Gasteiger partial charge in [-0.25, -0.2) is 0 Å². The van der Waals surface area contributed by atoms with E-state index in [1.165, 1.54) is 0 Å². The van der Waals surface area contributed by atoms with Gasteiger partial charge in [-0.15, -0.1) is 10.2 Å². The lowest BCUT2D eigenvalue weighted by atomic mass is 10.2. The van der Waals surface area contributed by atoms with E-state index >= 15 is 0 Å². The molecule has 1 aromatic carbocycles. The molecule has 1 N–H and O–H groups in total. The first kappa shape index (κ1) is 13.6. The largest absolute Gasteiger partial charge is 0.317 e. The first-order valence-electron chi connectivity index (χ1n) is 6.09. The summed E-state index contributed by atoms with van der Waals surface area (Å²) in [5.74, 6) is 0. The van der Waals surface area contributed by atoms with E-state index in [0.717, 1.165) is 46.0 Å². The molecule has 0 unspecified atom stereocenters. The Bertz CT molecular complexity index is 498. The maximum Gasteiger partial charge on any atom is 0.148 e. The zero-order valence-corrected chi connectivity index (χ0v) is 12.7. The summed E-state index contributed by atoms with van der Waals surface area (Å²) in [6.07, 6.45) is 2.10. The molecular weight excluding hydrogens is 310 g/mol. The van der Waals surface area contributed by atoms with Crippen molar-refractivity contribution in [3.63, 3.8) is 0 Å². The highest BCUT2D eigenvalue weighted by molar-refractivity contribution is 9.10. The molecule has 0 fully saturated rings. The zero-order valence-electron chi connectivity index (χ0n) is 10.3. The maximum absolute atomic E-state index is 4.26. The van der Waals surface area contributed by atoms with Gasteiger partial charge in [-0.3, -0.25) is 0 Å². The van der Waals surface area contributed by atoms with E-state index < -0.39 is 0 Å². The minimum atomic E-state index is 0.987. The quantitative estimate of drug-likeness (QED) is 0.826. The van der Waals surface area contributed by atoms with Crippen molar-refractivity contribution >= 4 is 27.3 Å². The number of hydrogen-bond acceptors (Lipinski definition) is 4. The fraction of sp³-hybridized carbons (Fsp3) is 0.385. The molecule has 0 bridgehead atoms. The third-order valence-electron chi connectivity index (χ3n) is 2.57. The van der Waals surface area contributed by atoms with Crippen LogP contribution >= 0.6 is 27.3 Å². The highest BCUT2D eigenvalue weighted by Crippen LogP contribution is 2.30. The van der Waals surface area contributed by atoms with Crippen molar-refractivity contribution in [3.05, 3.63) is 33.7 Å². The predicted octanol–water partition coefficient (Wildman–Crippen LogP) is 3.51. The van der Waals surface area contributed by atoms with E-state index in [2.05, 4.69) is 44.4 Å². The van der Waals surface area contributed by atoms with Gasteiger partial charge in [0, 0.05) is 16.5 Å². The molecule has 0 spiro atoms. The molecule has 0 saturated heterocycles. The topological polar surface area (TPSA) is 37.8 Å². The van der Waals surface area contributed by atoms with Gasteiger partial charge in [0.15, 0.2) is 0 Å². The predicted molar refractivity (Wildman–Crippen MR) is 79.9 cm³/mol. The van der Waals surface area contributed by atoms with Crippen molar-refractivity contribution in [1.82, 2.24) is 15.5 Å². The average Bonchev–Trinajstić information content (AvgIpc) is 2.84. The first-order chi connectivity index (χ1) is 8.81. The molecule has 0 radical (unpaired) electrons. The standard InChI is InChI=1S/C13H16BrN3S/c1-2-15-9-5-8-12-16-17-13(18-12)10-6-3-4-7-11(10)14/h3-4,6-7,15H,2,5,8-9H2,1H3. The van der Waals surface area contributed by atoms with E-state index in [9.17, 15) is 0 Å². The van der Waals surface area contributed by atoms with Crippen LogP contribution in [0.4, 0.5) is 0 Å². The Labute approximate surface area is 120 Å². The van der Waals surface area contributed by atoms with Crippen LogP contribution in [-0.2, 0) is 6.42 Å². The molecular formula is C13H16BrN3S. The fourth-order valence-corrected chi connectivity index (χ4v) is 3.16. The molecule has 18 heavy (non-hydrogen) atoms. The van der Waals surface area contributed by atoms with Gasteiger partial charge in [-0.2, -0.15) is 0 Å². The Kier molecular flexibility index (Phi) is 5.28. The number of hydrogen-bond donors (Lipinski definition) is 1. The molecule has 2 aromatic rings. The Balaban J connectivity index is 2.00.